The van der Waals surface area contributed by atoms with Gasteiger partial charge in [-0.2, -0.15) is 0 Å². The fourth-order valence-electron chi connectivity index (χ4n) is 2.84. The highest BCUT2D eigenvalue weighted by Gasteiger charge is 2.32. The SMILES string of the molecule is C=C(N/C(C)=C/C(=C)C1(C)Cn2ccnc2C(N)=N1)c1ccc(Cl)cn1. The van der Waals surface area contributed by atoms with E-state index in [2.05, 4.69) is 33.4 Å². The number of amidine groups is 1. The number of aliphatic imine (C=N–C) groups is 1. The number of aromatic nitrogens is 3. The van der Waals surface area contributed by atoms with Crippen LogP contribution in [0.1, 0.15) is 25.4 Å². The van der Waals surface area contributed by atoms with E-state index < -0.39 is 5.54 Å². The molecular formula is C19H21ClN6. The number of hydrogen-bond donors (Lipinski definition) is 2. The van der Waals surface area contributed by atoms with Crippen LogP contribution in [0, 0.1) is 0 Å². The summed E-state index contributed by atoms with van der Waals surface area (Å²) >= 11 is 5.87. The largest absolute Gasteiger partial charge is 0.381 e. The van der Waals surface area contributed by atoms with Crippen LogP contribution in [0.15, 0.2) is 66.2 Å². The van der Waals surface area contributed by atoms with E-state index in [4.69, 9.17) is 17.3 Å². The van der Waals surface area contributed by atoms with Crippen LogP contribution in [0.2, 0.25) is 5.02 Å². The van der Waals surface area contributed by atoms with Gasteiger partial charge in [-0.15, -0.1) is 0 Å². The third-order valence-corrected chi connectivity index (χ3v) is 4.48. The molecule has 7 heteroatoms. The van der Waals surface area contributed by atoms with E-state index >= 15 is 0 Å². The van der Waals surface area contributed by atoms with Crippen LogP contribution in [0.5, 0.6) is 0 Å². The fourth-order valence-corrected chi connectivity index (χ4v) is 2.95. The van der Waals surface area contributed by atoms with E-state index in [0.29, 0.717) is 28.9 Å². The molecule has 1 unspecified atom stereocenters. The van der Waals surface area contributed by atoms with Crippen LogP contribution in [0.25, 0.3) is 5.70 Å². The average Bonchev–Trinajstić information content (AvgIpc) is 3.03. The van der Waals surface area contributed by atoms with E-state index in [1.807, 2.05) is 36.8 Å². The molecule has 0 saturated carbocycles. The molecule has 0 aromatic carbocycles. The van der Waals surface area contributed by atoms with Crippen molar-refractivity contribution in [2.24, 2.45) is 10.7 Å². The number of hydrogen-bond acceptors (Lipinski definition) is 5. The second kappa shape index (κ2) is 6.80. The molecule has 0 amide bonds. The zero-order valence-electron chi connectivity index (χ0n) is 14.8. The molecule has 0 spiro atoms. The standard InChI is InChI=1S/C19H21ClN6/c1-12(19(4)11-26-8-7-22-18(26)17(21)25-19)9-13(2)24-14(3)16-6-5-15(20)10-23-16/h5-10,24H,1,3,11H2,2,4H3,(H2,21,25)/b13-9+. The van der Waals surface area contributed by atoms with Crippen molar-refractivity contribution in [1.29, 1.82) is 0 Å². The summed E-state index contributed by atoms with van der Waals surface area (Å²) in [4.78, 5) is 13.1. The number of allylic oxidation sites excluding steroid dienone is 1. The minimum Gasteiger partial charge on any atom is -0.381 e. The first kappa shape index (κ1) is 17.9. The normalized spacial score (nSPS) is 19.5. The van der Waals surface area contributed by atoms with Gasteiger partial charge in [0.25, 0.3) is 0 Å². The number of nitrogens with one attached hydrogen (secondary N) is 1. The Labute approximate surface area is 157 Å². The zero-order chi connectivity index (χ0) is 18.9. The van der Waals surface area contributed by atoms with Crippen molar-refractivity contribution >= 4 is 23.1 Å². The number of fused-ring (bicyclic) bond motifs is 1. The average molecular weight is 369 g/mol. The molecule has 0 radical (unpaired) electrons. The predicted molar refractivity (Wildman–Crippen MR) is 106 cm³/mol. The van der Waals surface area contributed by atoms with Crippen molar-refractivity contribution in [1.82, 2.24) is 19.9 Å². The summed E-state index contributed by atoms with van der Waals surface area (Å²) in [6, 6.07) is 3.59. The molecule has 26 heavy (non-hydrogen) atoms. The molecule has 2 aromatic heterocycles. The third-order valence-electron chi connectivity index (χ3n) is 4.26. The highest BCUT2D eigenvalue weighted by Crippen LogP contribution is 2.28. The van der Waals surface area contributed by atoms with Crippen LogP contribution >= 0.6 is 11.6 Å². The Morgan fingerprint density at radius 3 is 2.85 bits per heavy atom. The minimum atomic E-state index is -0.541. The van der Waals surface area contributed by atoms with E-state index in [-0.39, 0.29) is 0 Å². The van der Waals surface area contributed by atoms with Gasteiger partial charge in [-0.1, -0.05) is 24.8 Å². The summed E-state index contributed by atoms with van der Waals surface area (Å²) in [5.41, 5.74) is 8.63. The summed E-state index contributed by atoms with van der Waals surface area (Å²) in [6.45, 7) is 12.8. The van der Waals surface area contributed by atoms with Crippen molar-refractivity contribution in [3.63, 3.8) is 0 Å². The van der Waals surface area contributed by atoms with Gasteiger partial charge in [0.05, 0.1) is 23.0 Å². The van der Waals surface area contributed by atoms with Gasteiger partial charge in [-0.25, -0.2) is 4.98 Å². The molecule has 0 fully saturated rings. The molecule has 1 atom stereocenters. The smallest absolute Gasteiger partial charge is 0.175 e. The second-order valence-corrected chi connectivity index (χ2v) is 6.90. The Morgan fingerprint density at radius 1 is 1.38 bits per heavy atom. The minimum absolute atomic E-state index is 0.415. The van der Waals surface area contributed by atoms with Crippen LogP contribution < -0.4 is 11.1 Å². The van der Waals surface area contributed by atoms with E-state index in [1.54, 1.807) is 18.5 Å². The van der Waals surface area contributed by atoms with Crippen molar-refractivity contribution in [2.45, 2.75) is 25.9 Å². The van der Waals surface area contributed by atoms with Gasteiger partial charge in [0.2, 0.25) is 0 Å². The number of halogens is 1. The third kappa shape index (κ3) is 3.55. The fraction of sp³-hybridized carbons (Fsp3) is 0.211. The first-order chi connectivity index (χ1) is 12.3. The highest BCUT2D eigenvalue weighted by atomic mass is 35.5. The summed E-state index contributed by atoms with van der Waals surface area (Å²) < 4.78 is 1.99. The molecule has 0 saturated heterocycles. The van der Waals surface area contributed by atoms with Gasteiger partial charge >= 0.3 is 0 Å². The molecule has 3 N–H and O–H groups in total. The van der Waals surface area contributed by atoms with Gasteiger partial charge in [0.15, 0.2) is 11.7 Å². The maximum absolute atomic E-state index is 6.06. The van der Waals surface area contributed by atoms with E-state index in [9.17, 15) is 0 Å². The molecule has 2 aromatic rings. The van der Waals surface area contributed by atoms with Crippen LogP contribution in [0.3, 0.4) is 0 Å². The van der Waals surface area contributed by atoms with Crippen molar-refractivity contribution in [3.8, 4) is 0 Å². The molecule has 0 aliphatic carbocycles. The molecule has 134 valence electrons. The number of nitrogens with zero attached hydrogens (tertiary/aromatic N) is 4. The molecule has 1 aliphatic heterocycles. The van der Waals surface area contributed by atoms with Crippen LogP contribution in [-0.4, -0.2) is 25.9 Å². The van der Waals surface area contributed by atoms with Crippen molar-refractivity contribution in [3.05, 3.63) is 77.8 Å². The summed E-state index contributed by atoms with van der Waals surface area (Å²) in [5.74, 6) is 1.11. The van der Waals surface area contributed by atoms with Gasteiger partial charge in [0.1, 0.15) is 5.54 Å². The molecule has 3 rings (SSSR count). The lowest BCUT2D eigenvalue weighted by molar-refractivity contribution is 0.452. The van der Waals surface area contributed by atoms with Crippen LogP contribution in [0.4, 0.5) is 0 Å². The van der Waals surface area contributed by atoms with Gasteiger partial charge in [-0.3, -0.25) is 9.98 Å². The summed E-state index contributed by atoms with van der Waals surface area (Å²) in [6.07, 6.45) is 7.15. The predicted octanol–water partition coefficient (Wildman–Crippen LogP) is 3.13. The highest BCUT2D eigenvalue weighted by molar-refractivity contribution is 6.30. The first-order valence-electron chi connectivity index (χ1n) is 8.11. The topological polar surface area (TPSA) is 81.1 Å². The Bertz CT molecular complexity index is 922. The lowest BCUT2D eigenvalue weighted by Gasteiger charge is -2.31. The maximum Gasteiger partial charge on any atom is 0.175 e. The quantitative estimate of drug-likeness (QED) is 0.794. The summed E-state index contributed by atoms with van der Waals surface area (Å²) in [5, 5.41) is 3.81. The molecule has 0 bridgehead atoms. The molecule has 3 heterocycles. The monoisotopic (exact) mass is 368 g/mol. The van der Waals surface area contributed by atoms with Crippen molar-refractivity contribution in [2.75, 3.05) is 0 Å². The van der Waals surface area contributed by atoms with E-state index in [0.717, 1.165) is 17.0 Å². The van der Waals surface area contributed by atoms with Crippen LogP contribution in [-0.2, 0) is 6.54 Å². The first-order valence-corrected chi connectivity index (χ1v) is 8.49. The second-order valence-electron chi connectivity index (χ2n) is 6.47. The van der Waals surface area contributed by atoms with E-state index in [1.165, 1.54) is 0 Å². The Kier molecular flexibility index (Phi) is 4.70. The Morgan fingerprint density at radius 2 is 2.15 bits per heavy atom. The number of nitrogens with two attached hydrogens (primary N) is 1. The number of rotatable bonds is 5. The molecular weight excluding hydrogens is 348 g/mol. The lowest BCUT2D eigenvalue weighted by atomic mass is 9.91. The van der Waals surface area contributed by atoms with Gasteiger partial charge in [0, 0.05) is 24.3 Å². The summed E-state index contributed by atoms with van der Waals surface area (Å²) in [7, 11) is 0. The Balaban J connectivity index is 1.74. The molecule has 6 nitrogen and oxygen atoms in total. The lowest BCUT2D eigenvalue weighted by Crippen LogP contribution is -2.39. The van der Waals surface area contributed by atoms with Gasteiger partial charge < -0.3 is 15.6 Å². The van der Waals surface area contributed by atoms with Crippen molar-refractivity contribution < 1.29 is 0 Å². The maximum atomic E-state index is 6.06. The zero-order valence-corrected chi connectivity index (χ0v) is 15.6. The van der Waals surface area contributed by atoms with Gasteiger partial charge in [-0.05, 0) is 37.6 Å². The Hall–Kier alpha value is -2.86. The molecule has 1 aliphatic rings. The number of pyridine rings is 1. The number of imidazole rings is 1.